The van der Waals surface area contributed by atoms with E-state index in [2.05, 4.69) is 22.0 Å². The topological polar surface area (TPSA) is 20.2 Å². The van der Waals surface area contributed by atoms with Crippen LogP contribution in [-0.2, 0) is 5.33 Å². The van der Waals surface area contributed by atoms with Gasteiger partial charge in [0, 0.05) is 15.4 Å². The highest BCUT2D eigenvalue weighted by atomic mass is 79.9. The molecule has 0 fully saturated rings. The van der Waals surface area contributed by atoms with Gasteiger partial charge in [0.25, 0.3) is 0 Å². The number of hydrogen-bond donors (Lipinski definition) is 1. The van der Waals surface area contributed by atoms with Gasteiger partial charge in [-0.2, -0.15) is 0 Å². The van der Waals surface area contributed by atoms with Crippen LogP contribution in [0.2, 0.25) is 0 Å². The minimum absolute atomic E-state index is 0.422. The molecule has 14 heavy (non-hydrogen) atoms. The number of thioether (sulfide) groups is 1. The van der Waals surface area contributed by atoms with Crippen LogP contribution in [0, 0.1) is 0 Å². The van der Waals surface area contributed by atoms with Gasteiger partial charge in [0.15, 0.2) is 0 Å². The molecule has 0 spiro atoms. The molecule has 0 saturated carbocycles. The third-order valence-electron chi connectivity index (χ3n) is 2.11. The number of benzene rings is 1. The van der Waals surface area contributed by atoms with Crippen molar-refractivity contribution < 1.29 is 5.11 Å². The maximum atomic E-state index is 10.0. The average molecular weight is 289 g/mol. The number of phenolic OH excluding ortho intramolecular Hbond substituents is 1. The summed E-state index contributed by atoms with van der Waals surface area (Å²) in [5.41, 5.74) is 1.16. The second kappa shape index (κ2) is 4.13. The number of fused-ring (bicyclic) bond motifs is 1. The highest BCUT2D eigenvalue weighted by Gasteiger charge is 2.11. The molecule has 1 aromatic heterocycles. The molecule has 1 N–H and O–H groups in total. The van der Waals surface area contributed by atoms with Gasteiger partial charge in [-0.05, 0) is 29.3 Å². The van der Waals surface area contributed by atoms with Gasteiger partial charge in [-0.3, -0.25) is 0 Å². The number of alkyl halides is 1. The van der Waals surface area contributed by atoms with Crippen molar-refractivity contribution in [3.8, 4) is 5.75 Å². The molecule has 0 radical (unpaired) electrons. The first kappa shape index (κ1) is 10.3. The van der Waals surface area contributed by atoms with E-state index in [9.17, 15) is 5.11 Å². The summed E-state index contributed by atoms with van der Waals surface area (Å²) in [6.07, 6.45) is 1.99. The molecule has 1 aromatic carbocycles. The van der Waals surface area contributed by atoms with Gasteiger partial charge in [-0.25, -0.2) is 0 Å². The Morgan fingerprint density at radius 2 is 2.36 bits per heavy atom. The third kappa shape index (κ3) is 1.55. The van der Waals surface area contributed by atoms with Gasteiger partial charge in [-0.15, -0.1) is 23.1 Å². The molecular formula is C10H9BrOS2. The van der Waals surface area contributed by atoms with E-state index in [4.69, 9.17) is 0 Å². The second-order valence-electron chi connectivity index (χ2n) is 2.88. The van der Waals surface area contributed by atoms with Crippen LogP contribution in [0.5, 0.6) is 5.75 Å². The molecule has 1 heterocycles. The van der Waals surface area contributed by atoms with Crippen LogP contribution in [-0.4, -0.2) is 11.4 Å². The summed E-state index contributed by atoms with van der Waals surface area (Å²) in [7, 11) is 0. The van der Waals surface area contributed by atoms with E-state index in [-0.39, 0.29) is 0 Å². The lowest BCUT2D eigenvalue weighted by atomic mass is 10.2. The first-order chi connectivity index (χ1) is 6.77. The molecule has 0 aliphatic rings. The molecule has 0 amide bonds. The molecule has 0 atom stereocenters. The van der Waals surface area contributed by atoms with Gasteiger partial charge in [0.2, 0.25) is 0 Å². The van der Waals surface area contributed by atoms with Gasteiger partial charge in [0.05, 0.1) is 4.90 Å². The molecular weight excluding hydrogens is 280 g/mol. The second-order valence-corrected chi connectivity index (χ2v) is 5.21. The molecule has 0 unspecified atom stereocenters. The van der Waals surface area contributed by atoms with Crippen LogP contribution in [0.3, 0.4) is 0 Å². The zero-order chi connectivity index (χ0) is 10.1. The maximum Gasteiger partial charge on any atom is 0.138 e. The fourth-order valence-corrected chi connectivity index (χ4v) is 3.63. The lowest BCUT2D eigenvalue weighted by Crippen LogP contribution is -1.84. The Bertz CT molecular complexity index is 464. The molecule has 4 heteroatoms. The summed E-state index contributed by atoms with van der Waals surface area (Å²) in [6, 6.07) is 4.10. The quantitative estimate of drug-likeness (QED) is 0.659. The van der Waals surface area contributed by atoms with Crippen molar-refractivity contribution in [2.24, 2.45) is 0 Å². The largest absolute Gasteiger partial charge is 0.506 e. The third-order valence-corrected chi connectivity index (χ3v) is 4.44. The van der Waals surface area contributed by atoms with Crippen LogP contribution in [0.15, 0.2) is 22.4 Å². The van der Waals surface area contributed by atoms with Crippen molar-refractivity contribution in [1.82, 2.24) is 0 Å². The summed E-state index contributed by atoms with van der Waals surface area (Å²) >= 11 is 6.69. The fraction of sp³-hybridized carbons (Fsp3) is 0.200. The summed E-state index contributed by atoms with van der Waals surface area (Å²) in [4.78, 5) is 0.979. The van der Waals surface area contributed by atoms with Crippen molar-refractivity contribution >= 4 is 49.1 Å². The summed E-state index contributed by atoms with van der Waals surface area (Å²) < 4.78 is 1.15. The van der Waals surface area contributed by atoms with E-state index in [1.54, 1.807) is 23.1 Å². The van der Waals surface area contributed by atoms with Crippen molar-refractivity contribution in [2.75, 3.05) is 6.26 Å². The molecule has 74 valence electrons. The van der Waals surface area contributed by atoms with Gasteiger partial charge in [-0.1, -0.05) is 15.9 Å². The van der Waals surface area contributed by atoms with Crippen molar-refractivity contribution in [2.45, 2.75) is 10.2 Å². The zero-order valence-electron chi connectivity index (χ0n) is 7.58. The molecule has 1 nitrogen and oxygen atoms in total. The Morgan fingerprint density at radius 3 is 3.00 bits per heavy atom. The van der Waals surface area contributed by atoms with E-state index >= 15 is 0 Å². The first-order valence-corrected chi connectivity index (χ1v) is 7.32. The highest BCUT2D eigenvalue weighted by Crippen LogP contribution is 2.40. The van der Waals surface area contributed by atoms with E-state index in [1.165, 1.54) is 0 Å². The number of aromatic hydroxyl groups is 1. The van der Waals surface area contributed by atoms with Gasteiger partial charge < -0.3 is 5.11 Å². The smallest absolute Gasteiger partial charge is 0.138 e. The van der Waals surface area contributed by atoms with Crippen LogP contribution in [0.1, 0.15) is 5.56 Å². The Hall–Kier alpha value is -0.190. The minimum atomic E-state index is 0.422. The number of rotatable bonds is 2. The number of thiophene rings is 1. The first-order valence-electron chi connectivity index (χ1n) is 4.10. The maximum absolute atomic E-state index is 10.0. The molecule has 2 rings (SSSR count). The molecule has 0 saturated heterocycles. The van der Waals surface area contributed by atoms with E-state index in [0.717, 1.165) is 25.9 Å². The fourth-order valence-electron chi connectivity index (χ4n) is 1.45. The van der Waals surface area contributed by atoms with Crippen molar-refractivity contribution in [1.29, 1.82) is 0 Å². The van der Waals surface area contributed by atoms with E-state index in [1.807, 2.05) is 17.7 Å². The normalized spacial score (nSPS) is 11.0. The lowest BCUT2D eigenvalue weighted by Gasteiger charge is -2.07. The number of phenols is 1. The standard InChI is InChI=1S/C10H9BrOS2/c1-13-10-6(5-11)4-8-7(9(10)12)2-3-14-8/h2-4,12H,5H2,1H3. The predicted octanol–water partition coefficient (Wildman–Crippen LogP) is 4.22. The van der Waals surface area contributed by atoms with Gasteiger partial charge >= 0.3 is 0 Å². The molecule has 2 aromatic rings. The van der Waals surface area contributed by atoms with Crippen LogP contribution in [0.4, 0.5) is 0 Å². The predicted molar refractivity (Wildman–Crippen MR) is 67.9 cm³/mol. The molecule has 0 aliphatic carbocycles. The summed E-state index contributed by atoms with van der Waals surface area (Å²) in [5, 5.41) is 13.8. The Morgan fingerprint density at radius 1 is 1.57 bits per heavy atom. The highest BCUT2D eigenvalue weighted by molar-refractivity contribution is 9.08. The Balaban J connectivity index is 2.79. The Labute approximate surface area is 99.3 Å². The monoisotopic (exact) mass is 288 g/mol. The zero-order valence-corrected chi connectivity index (χ0v) is 10.8. The summed E-state index contributed by atoms with van der Waals surface area (Å²) in [5.74, 6) is 0.422. The Kier molecular flexibility index (Phi) is 3.04. The van der Waals surface area contributed by atoms with Crippen molar-refractivity contribution in [3.63, 3.8) is 0 Å². The summed E-state index contributed by atoms with van der Waals surface area (Å²) in [6.45, 7) is 0. The number of halogens is 1. The van der Waals surface area contributed by atoms with E-state index < -0.39 is 0 Å². The van der Waals surface area contributed by atoms with Crippen LogP contribution in [0.25, 0.3) is 10.1 Å². The number of hydrogen-bond acceptors (Lipinski definition) is 3. The molecule has 0 bridgehead atoms. The minimum Gasteiger partial charge on any atom is -0.506 e. The van der Waals surface area contributed by atoms with Crippen LogP contribution >= 0.6 is 39.0 Å². The average Bonchev–Trinajstić information content (AvgIpc) is 2.65. The van der Waals surface area contributed by atoms with Gasteiger partial charge in [0.1, 0.15) is 5.75 Å². The molecule has 0 aliphatic heterocycles. The van der Waals surface area contributed by atoms with Crippen molar-refractivity contribution in [3.05, 3.63) is 23.1 Å². The SMILES string of the molecule is CSc1c(CBr)cc2sccc2c1O. The van der Waals surface area contributed by atoms with Crippen LogP contribution < -0.4 is 0 Å². The lowest BCUT2D eigenvalue weighted by molar-refractivity contribution is 0.468. The van der Waals surface area contributed by atoms with E-state index in [0.29, 0.717) is 5.75 Å².